The van der Waals surface area contributed by atoms with Crippen molar-refractivity contribution in [1.82, 2.24) is 14.2 Å². The van der Waals surface area contributed by atoms with E-state index in [4.69, 9.17) is 9.47 Å². The van der Waals surface area contributed by atoms with Gasteiger partial charge in [0.1, 0.15) is 5.82 Å². The van der Waals surface area contributed by atoms with Crippen molar-refractivity contribution >= 4 is 51.7 Å². The van der Waals surface area contributed by atoms with Crippen LogP contribution in [0.4, 0.5) is 13.2 Å². The van der Waals surface area contributed by atoms with Crippen LogP contribution >= 0.6 is 11.9 Å². The summed E-state index contributed by atoms with van der Waals surface area (Å²) in [5, 5.41) is 1.55. The number of carbonyl (C=O) groups excluding carboxylic acids is 1. The van der Waals surface area contributed by atoms with E-state index in [1.807, 2.05) is 6.26 Å². The predicted octanol–water partition coefficient (Wildman–Crippen LogP) is 5.32. The Kier molecular flexibility index (Phi) is 12.8. The van der Waals surface area contributed by atoms with E-state index in [0.717, 1.165) is 30.8 Å². The summed E-state index contributed by atoms with van der Waals surface area (Å²) >= 11 is 3.37. The first-order chi connectivity index (χ1) is 21.2. The van der Waals surface area contributed by atoms with Crippen LogP contribution in [-0.4, -0.2) is 92.2 Å². The molecule has 2 aromatic carbocycles. The molecule has 0 N–H and O–H groups in total. The number of nitrogens with zero attached hydrogens (tertiary/aromatic N) is 3. The topological polar surface area (TPSA) is 72.0 Å². The van der Waals surface area contributed by atoms with Crippen molar-refractivity contribution in [2.24, 2.45) is 5.92 Å². The van der Waals surface area contributed by atoms with E-state index in [1.165, 1.54) is 25.3 Å². The monoisotopic (exact) mass is 753 g/mol. The predicted molar refractivity (Wildman–Crippen MR) is 168 cm³/mol. The fourth-order valence-corrected chi connectivity index (χ4v) is 6.73. The standard InChI is InChI=1S/C30H30F3N3O4S2.CH3.Sb/c1-39-28-11-19(7-9-34-28)16-36(23-8-10-42(38)18-23)30(37)29(40-17-20-14-35(15-20)41-2)24-5-3-21(12-26(24)32)22-4-6-25(31)27(33)13-22;;/h3-13,20,23,29H,14-18H2,1-2H3;1H3;. The van der Waals surface area contributed by atoms with Crippen LogP contribution in [0.2, 0.25) is 4.87 Å². The molecule has 1 fully saturated rings. The third-order valence-corrected chi connectivity index (χ3v) is 9.22. The van der Waals surface area contributed by atoms with Crippen LogP contribution in [0.15, 0.2) is 66.2 Å². The van der Waals surface area contributed by atoms with Gasteiger partial charge in [-0.3, -0.25) is 13.3 Å². The molecule has 2 aliphatic heterocycles. The molecule has 1 saturated heterocycles. The first kappa shape index (κ1) is 34.5. The van der Waals surface area contributed by atoms with E-state index in [2.05, 4.69) is 14.2 Å². The summed E-state index contributed by atoms with van der Waals surface area (Å²) in [5.41, 5.74) is 1.36. The fraction of sp³-hybridized carbons (Fsp3) is 0.355. The Hall–Kier alpha value is -2.37. The fourth-order valence-electron chi connectivity index (χ4n) is 4.92. The summed E-state index contributed by atoms with van der Waals surface area (Å²) in [5.74, 6) is -2.48. The molecule has 3 atom stereocenters. The number of hydrogen-bond donors (Lipinski definition) is 0. The van der Waals surface area contributed by atoms with Crippen LogP contribution in [0.25, 0.3) is 11.1 Å². The van der Waals surface area contributed by atoms with Crippen molar-refractivity contribution < 1.29 is 31.6 Å². The molecular weight excluding hydrogens is 721 g/mol. The second-order valence-electron chi connectivity index (χ2n) is 10.1. The van der Waals surface area contributed by atoms with E-state index < -0.39 is 46.3 Å². The van der Waals surface area contributed by atoms with Crippen molar-refractivity contribution in [3.05, 3.63) is 94.8 Å². The molecular formula is C31H33F3N3O4S2Sb. The average molecular weight is 755 g/mol. The second kappa shape index (κ2) is 16.3. The number of pyridine rings is 1. The Bertz CT molecular complexity index is 1510. The summed E-state index contributed by atoms with van der Waals surface area (Å²) < 4.78 is 68.9. The molecule has 0 aliphatic carbocycles. The third-order valence-electron chi connectivity index (χ3n) is 7.27. The zero-order chi connectivity index (χ0) is 31.8. The van der Waals surface area contributed by atoms with Crippen molar-refractivity contribution in [1.29, 1.82) is 0 Å². The number of methoxy groups -OCH3 is 1. The van der Waals surface area contributed by atoms with Crippen LogP contribution in [0.5, 0.6) is 5.88 Å². The van der Waals surface area contributed by atoms with Gasteiger partial charge in [-0.15, -0.1) is 0 Å². The quantitative estimate of drug-likeness (QED) is 0.194. The second-order valence-corrected chi connectivity index (χ2v) is 12.3. The van der Waals surface area contributed by atoms with Gasteiger partial charge in [-0.05, 0) is 47.2 Å². The Morgan fingerprint density at radius 2 is 1.80 bits per heavy atom. The minimum atomic E-state index is -1.29. The molecule has 5 rings (SSSR count). The molecule has 44 heavy (non-hydrogen) atoms. The average Bonchev–Trinajstić information content (AvgIpc) is 3.45. The molecule has 1 amide bonds. The van der Waals surface area contributed by atoms with Crippen molar-refractivity contribution in [2.45, 2.75) is 23.6 Å². The Morgan fingerprint density at radius 1 is 1.09 bits per heavy atom. The summed E-state index contributed by atoms with van der Waals surface area (Å²) in [7, 11) is 0.249. The van der Waals surface area contributed by atoms with Gasteiger partial charge in [0.15, 0.2) is 17.7 Å². The van der Waals surface area contributed by atoms with Gasteiger partial charge in [0.05, 0.1) is 25.5 Å². The van der Waals surface area contributed by atoms with Gasteiger partial charge >= 0.3 is 27.9 Å². The van der Waals surface area contributed by atoms with Crippen LogP contribution in [0.1, 0.15) is 17.2 Å². The zero-order valence-corrected chi connectivity index (χ0v) is 28.7. The third kappa shape index (κ3) is 8.45. The van der Waals surface area contributed by atoms with E-state index in [-0.39, 0.29) is 30.4 Å². The molecule has 7 nitrogen and oxygen atoms in total. The SMILES string of the molecule is COc1cc(CN(C(=O)C(OCC2CN(SC)C2)c2ccc(-c3ccc(F)c(F)c3)cc2F)C2C=CS(=O)C2)ccn1.[CH3][Sb]. The van der Waals surface area contributed by atoms with Gasteiger partial charge in [0.2, 0.25) is 5.88 Å². The van der Waals surface area contributed by atoms with Gasteiger partial charge in [-0.25, -0.2) is 18.2 Å². The molecule has 3 aromatic rings. The van der Waals surface area contributed by atoms with Crippen molar-refractivity contribution in [3.8, 4) is 17.0 Å². The minimum absolute atomic E-state index is 0.0211. The van der Waals surface area contributed by atoms with Gasteiger partial charge < -0.3 is 14.4 Å². The van der Waals surface area contributed by atoms with Gasteiger partial charge in [-0.2, -0.15) is 0 Å². The number of amides is 1. The number of carbonyl (C=O) groups is 1. The zero-order valence-electron chi connectivity index (χ0n) is 24.5. The maximum atomic E-state index is 15.8. The molecule has 3 heterocycles. The number of rotatable bonds is 11. The Morgan fingerprint density at radius 3 is 2.41 bits per heavy atom. The Labute approximate surface area is 276 Å². The summed E-state index contributed by atoms with van der Waals surface area (Å²) in [6.45, 7) is 1.93. The summed E-state index contributed by atoms with van der Waals surface area (Å²) in [6.07, 6.45) is 3.98. The molecule has 2 radical (unpaired) electrons. The molecule has 2 aliphatic rings. The number of hydrogen-bond acceptors (Lipinski definition) is 7. The Balaban J connectivity index is 0.00000216. The van der Waals surface area contributed by atoms with Gasteiger partial charge in [0.25, 0.3) is 5.91 Å². The van der Waals surface area contributed by atoms with Crippen LogP contribution in [-0.2, 0) is 26.9 Å². The number of benzene rings is 2. The number of halogens is 3. The molecule has 1 aromatic heterocycles. The molecule has 3 unspecified atom stereocenters. The van der Waals surface area contributed by atoms with Crippen LogP contribution in [0, 0.1) is 23.4 Å². The molecule has 0 spiro atoms. The summed E-state index contributed by atoms with van der Waals surface area (Å²) in [4.78, 5) is 22.0. The molecule has 234 valence electrons. The summed E-state index contributed by atoms with van der Waals surface area (Å²) in [6, 6.07) is 10.5. The van der Waals surface area contributed by atoms with E-state index in [9.17, 15) is 17.8 Å². The normalized spacial score (nSPS) is 18.7. The van der Waals surface area contributed by atoms with E-state index in [0.29, 0.717) is 17.0 Å². The molecule has 0 bridgehead atoms. The molecule has 0 saturated carbocycles. The van der Waals surface area contributed by atoms with Gasteiger partial charge in [-0.1, -0.05) is 36.2 Å². The molecule has 13 heteroatoms. The van der Waals surface area contributed by atoms with Crippen LogP contribution in [0.3, 0.4) is 0 Å². The number of ether oxygens (including phenoxy) is 2. The van der Waals surface area contributed by atoms with E-state index >= 15 is 4.39 Å². The van der Waals surface area contributed by atoms with Crippen molar-refractivity contribution in [3.63, 3.8) is 0 Å². The van der Waals surface area contributed by atoms with E-state index in [1.54, 1.807) is 75.7 Å². The van der Waals surface area contributed by atoms with Crippen molar-refractivity contribution in [2.75, 3.05) is 38.8 Å². The maximum absolute atomic E-state index is 15.8. The van der Waals surface area contributed by atoms with Gasteiger partial charge in [0, 0.05) is 59.6 Å². The van der Waals surface area contributed by atoms with Crippen LogP contribution < -0.4 is 4.74 Å². The first-order valence-corrected chi connectivity index (χ1v) is 18.8. The number of aromatic nitrogens is 1. The first-order valence-electron chi connectivity index (χ1n) is 13.7.